The smallest absolute Gasteiger partial charge is 0.203 e. The number of carbonyl (C=O) groups is 1. The van der Waals surface area contributed by atoms with Gasteiger partial charge >= 0.3 is 0 Å². The number of rotatable bonds is 7. The van der Waals surface area contributed by atoms with Gasteiger partial charge < -0.3 is 9.47 Å². The van der Waals surface area contributed by atoms with Gasteiger partial charge in [-0.25, -0.2) is 0 Å². The fourth-order valence-electron chi connectivity index (χ4n) is 3.04. The van der Waals surface area contributed by atoms with Crippen LogP contribution in [-0.2, 0) is 13.7 Å². The van der Waals surface area contributed by atoms with Gasteiger partial charge in [0.15, 0.2) is 0 Å². The Labute approximate surface area is 175 Å². The average Bonchev–Trinajstić information content (AvgIpc) is 3.14. The number of aryl methyl sites for hydroxylation is 3. The Balaban J connectivity index is 1.77. The number of hydrogen-bond acceptors (Lipinski definition) is 4. The van der Waals surface area contributed by atoms with Crippen molar-refractivity contribution in [3.63, 3.8) is 0 Å². The van der Waals surface area contributed by atoms with E-state index in [1.54, 1.807) is 37.2 Å². The Hall–Kier alpha value is -3.05. The van der Waals surface area contributed by atoms with Crippen LogP contribution >= 0.6 is 11.6 Å². The van der Waals surface area contributed by atoms with E-state index in [9.17, 15) is 4.79 Å². The van der Waals surface area contributed by atoms with Crippen LogP contribution in [0.1, 0.15) is 32.7 Å². The molecule has 6 heteroatoms. The summed E-state index contributed by atoms with van der Waals surface area (Å²) in [5.41, 5.74) is 4.24. The molecule has 0 amide bonds. The van der Waals surface area contributed by atoms with E-state index in [0.717, 1.165) is 38.8 Å². The lowest BCUT2D eigenvalue weighted by Gasteiger charge is -2.13. The Kier molecular flexibility index (Phi) is 6.39. The van der Waals surface area contributed by atoms with Crippen molar-refractivity contribution in [3.8, 4) is 11.5 Å². The topological polar surface area (TPSA) is 53.3 Å². The molecule has 2 aromatic carbocycles. The molecule has 0 fully saturated rings. The number of nitrogens with zero attached hydrogens (tertiary/aromatic N) is 2. The van der Waals surface area contributed by atoms with Crippen LogP contribution in [0.5, 0.6) is 11.5 Å². The van der Waals surface area contributed by atoms with E-state index in [2.05, 4.69) is 5.10 Å². The van der Waals surface area contributed by atoms with Crippen LogP contribution in [0, 0.1) is 13.8 Å². The molecule has 29 heavy (non-hydrogen) atoms. The van der Waals surface area contributed by atoms with Crippen LogP contribution < -0.4 is 9.47 Å². The van der Waals surface area contributed by atoms with Gasteiger partial charge in [-0.15, -0.1) is 0 Å². The molecule has 0 saturated heterocycles. The average molecular weight is 411 g/mol. The Bertz CT molecular complexity index is 1050. The molecule has 0 spiro atoms. The summed E-state index contributed by atoms with van der Waals surface area (Å²) < 4.78 is 13.0. The first-order chi connectivity index (χ1) is 13.9. The first kappa shape index (κ1) is 20.7. The van der Waals surface area contributed by atoms with Crippen LogP contribution in [-0.4, -0.2) is 22.7 Å². The standard InChI is InChI=1S/C23H23ClN2O3/c1-15-11-19(12-16(2)23(15)24)29-14-18-13-17(6-8-22(18)28-4)5-7-21(27)20-9-10-25-26(20)3/h5-13H,14H2,1-4H3/b7-5+. The zero-order chi connectivity index (χ0) is 21.0. The Morgan fingerprint density at radius 3 is 2.52 bits per heavy atom. The van der Waals surface area contributed by atoms with Crippen molar-refractivity contribution in [3.05, 3.63) is 81.6 Å². The maximum absolute atomic E-state index is 12.3. The van der Waals surface area contributed by atoms with Gasteiger partial charge in [-0.05, 0) is 66.9 Å². The molecule has 0 aliphatic heterocycles. The molecule has 3 rings (SSSR count). The quantitative estimate of drug-likeness (QED) is 0.398. The minimum atomic E-state index is -0.106. The number of methoxy groups -OCH3 is 1. The molecule has 0 radical (unpaired) electrons. The highest BCUT2D eigenvalue weighted by Gasteiger charge is 2.09. The first-order valence-corrected chi connectivity index (χ1v) is 9.53. The second kappa shape index (κ2) is 8.97. The maximum Gasteiger partial charge on any atom is 0.203 e. The number of ether oxygens (including phenoxy) is 2. The molecule has 0 unspecified atom stereocenters. The number of allylic oxidation sites excluding steroid dienone is 1. The van der Waals surface area contributed by atoms with Crippen LogP contribution in [0.2, 0.25) is 5.02 Å². The van der Waals surface area contributed by atoms with E-state index in [1.165, 1.54) is 6.08 Å². The number of benzene rings is 2. The summed E-state index contributed by atoms with van der Waals surface area (Å²) in [6.45, 7) is 4.24. The number of carbonyl (C=O) groups excluding carboxylic acids is 1. The zero-order valence-electron chi connectivity index (χ0n) is 16.9. The van der Waals surface area contributed by atoms with Gasteiger partial charge in [-0.2, -0.15) is 5.10 Å². The molecule has 150 valence electrons. The van der Waals surface area contributed by atoms with Gasteiger partial charge in [0.2, 0.25) is 5.78 Å². The third kappa shape index (κ3) is 4.87. The van der Waals surface area contributed by atoms with Crippen LogP contribution in [0.15, 0.2) is 48.7 Å². The summed E-state index contributed by atoms with van der Waals surface area (Å²) in [6.07, 6.45) is 4.91. The number of hydrogen-bond donors (Lipinski definition) is 0. The minimum Gasteiger partial charge on any atom is -0.496 e. The Morgan fingerprint density at radius 1 is 1.17 bits per heavy atom. The summed E-state index contributed by atoms with van der Waals surface area (Å²) in [4.78, 5) is 12.3. The summed E-state index contributed by atoms with van der Waals surface area (Å²) in [7, 11) is 3.36. The van der Waals surface area contributed by atoms with Gasteiger partial charge in [0.05, 0.1) is 7.11 Å². The van der Waals surface area contributed by atoms with Crippen LogP contribution in [0.25, 0.3) is 6.08 Å². The second-order valence-corrected chi connectivity index (χ2v) is 7.15. The third-order valence-corrected chi connectivity index (χ3v) is 5.21. The lowest BCUT2D eigenvalue weighted by atomic mass is 10.1. The van der Waals surface area contributed by atoms with Crippen molar-refractivity contribution < 1.29 is 14.3 Å². The molecule has 1 heterocycles. The van der Waals surface area contributed by atoms with Gasteiger partial charge in [0, 0.05) is 23.8 Å². The highest BCUT2D eigenvalue weighted by molar-refractivity contribution is 6.32. The predicted octanol–water partition coefficient (Wildman–Crippen LogP) is 5.17. The maximum atomic E-state index is 12.3. The molecule has 0 aliphatic carbocycles. The van der Waals surface area contributed by atoms with E-state index in [1.807, 2.05) is 44.2 Å². The number of ketones is 1. The highest BCUT2D eigenvalue weighted by Crippen LogP contribution is 2.28. The molecule has 5 nitrogen and oxygen atoms in total. The zero-order valence-corrected chi connectivity index (χ0v) is 17.7. The summed E-state index contributed by atoms with van der Waals surface area (Å²) in [5, 5.41) is 4.77. The molecular weight excluding hydrogens is 388 g/mol. The van der Waals surface area contributed by atoms with E-state index >= 15 is 0 Å². The molecule has 1 aromatic heterocycles. The van der Waals surface area contributed by atoms with E-state index < -0.39 is 0 Å². The molecule has 0 bridgehead atoms. The SMILES string of the molecule is COc1ccc(/C=C/C(=O)c2ccnn2C)cc1COc1cc(C)c(Cl)c(C)c1. The fourth-order valence-corrected chi connectivity index (χ4v) is 3.15. The Morgan fingerprint density at radius 2 is 1.90 bits per heavy atom. The van der Waals surface area contributed by atoms with Crippen molar-refractivity contribution >= 4 is 23.5 Å². The van der Waals surface area contributed by atoms with Gasteiger partial charge in [0.25, 0.3) is 0 Å². The predicted molar refractivity (Wildman–Crippen MR) is 115 cm³/mol. The molecule has 0 N–H and O–H groups in total. The van der Waals surface area contributed by atoms with Crippen molar-refractivity contribution in [2.45, 2.75) is 20.5 Å². The van der Waals surface area contributed by atoms with Gasteiger partial charge in [0.1, 0.15) is 23.8 Å². The van der Waals surface area contributed by atoms with Gasteiger partial charge in [-0.3, -0.25) is 9.48 Å². The van der Waals surface area contributed by atoms with E-state index in [4.69, 9.17) is 21.1 Å². The van der Waals surface area contributed by atoms with E-state index in [0.29, 0.717) is 12.3 Å². The third-order valence-electron chi connectivity index (χ3n) is 4.61. The largest absolute Gasteiger partial charge is 0.496 e. The van der Waals surface area contributed by atoms with Crippen LogP contribution in [0.3, 0.4) is 0 Å². The summed E-state index contributed by atoms with van der Waals surface area (Å²) in [6, 6.07) is 11.2. The number of aromatic nitrogens is 2. The van der Waals surface area contributed by atoms with Crippen molar-refractivity contribution in [1.82, 2.24) is 9.78 Å². The highest BCUT2D eigenvalue weighted by atomic mass is 35.5. The lowest BCUT2D eigenvalue weighted by Crippen LogP contribution is -2.03. The van der Waals surface area contributed by atoms with Crippen molar-refractivity contribution in [2.75, 3.05) is 7.11 Å². The molecule has 0 aliphatic rings. The fraction of sp³-hybridized carbons (Fsp3) is 0.217. The van der Waals surface area contributed by atoms with Gasteiger partial charge in [-0.1, -0.05) is 23.7 Å². The van der Waals surface area contributed by atoms with Crippen molar-refractivity contribution in [2.24, 2.45) is 7.05 Å². The number of halogens is 1. The lowest BCUT2D eigenvalue weighted by molar-refractivity contribution is 0.103. The molecule has 0 atom stereocenters. The molecule has 3 aromatic rings. The summed E-state index contributed by atoms with van der Waals surface area (Å²) in [5.74, 6) is 1.37. The van der Waals surface area contributed by atoms with Crippen LogP contribution in [0.4, 0.5) is 0 Å². The first-order valence-electron chi connectivity index (χ1n) is 9.16. The normalized spacial score (nSPS) is 11.1. The minimum absolute atomic E-state index is 0.106. The monoisotopic (exact) mass is 410 g/mol. The van der Waals surface area contributed by atoms with E-state index in [-0.39, 0.29) is 5.78 Å². The summed E-state index contributed by atoms with van der Waals surface area (Å²) >= 11 is 6.23. The molecular formula is C23H23ClN2O3. The van der Waals surface area contributed by atoms with Crippen molar-refractivity contribution in [1.29, 1.82) is 0 Å². The molecule has 0 saturated carbocycles. The second-order valence-electron chi connectivity index (χ2n) is 6.77.